The molecule has 1 fully saturated rings. The van der Waals surface area contributed by atoms with Crippen molar-refractivity contribution in [2.75, 3.05) is 19.6 Å². The third kappa shape index (κ3) is 7.77. The molecule has 17 heavy (non-hydrogen) atoms. The summed E-state index contributed by atoms with van der Waals surface area (Å²) >= 11 is 0. The van der Waals surface area contributed by atoms with Gasteiger partial charge in [-0.3, -0.25) is 0 Å². The highest BCUT2D eigenvalue weighted by molar-refractivity contribution is 4.84. The fourth-order valence-corrected chi connectivity index (χ4v) is 2.29. The topological polar surface area (TPSA) is 15.3 Å². The van der Waals surface area contributed by atoms with Crippen LogP contribution in [0.15, 0.2) is 0 Å². The van der Waals surface area contributed by atoms with E-state index in [9.17, 15) is 0 Å². The second-order valence-corrected chi connectivity index (χ2v) is 5.79. The molecule has 0 spiro atoms. The highest BCUT2D eigenvalue weighted by atomic mass is 15.2. The monoisotopic (exact) mass is 240 g/mol. The van der Waals surface area contributed by atoms with Gasteiger partial charge >= 0.3 is 0 Å². The Labute approximate surface area is 108 Å². The van der Waals surface area contributed by atoms with Gasteiger partial charge in [0, 0.05) is 12.1 Å². The molecule has 2 heteroatoms. The molecule has 0 amide bonds. The third-order valence-corrected chi connectivity index (χ3v) is 3.54. The van der Waals surface area contributed by atoms with Crippen molar-refractivity contribution in [2.45, 2.75) is 77.8 Å². The van der Waals surface area contributed by atoms with Crippen LogP contribution in [-0.2, 0) is 0 Å². The van der Waals surface area contributed by atoms with Gasteiger partial charge in [0.15, 0.2) is 0 Å². The van der Waals surface area contributed by atoms with Crippen LogP contribution < -0.4 is 5.32 Å². The van der Waals surface area contributed by atoms with Crippen LogP contribution in [0, 0.1) is 0 Å². The lowest BCUT2D eigenvalue weighted by Gasteiger charge is -2.21. The summed E-state index contributed by atoms with van der Waals surface area (Å²) in [5.74, 6) is 0. The standard InChI is InChI=1S/C15H32N2/c1-4-5-12-17(15-9-10-15)13-8-6-7-11-16-14(2)3/h14-16H,4-13H2,1-3H3. The van der Waals surface area contributed by atoms with Crippen LogP contribution in [0.3, 0.4) is 0 Å². The van der Waals surface area contributed by atoms with Gasteiger partial charge in [-0.05, 0) is 51.7 Å². The molecule has 0 aliphatic heterocycles. The smallest absolute Gasteiger partial charge is 0.00964 e. The molecule has 0 unspecified atom stereocenters. The maximum atomic E-state index is 3.49. The minimum Gasteiger partial charge on any atom is -0.315 e. The Morgan fingerprint density at radius 3 is 2.35 bits per heavy atom. The predicted molar refractivity (Wildman–Crippen MR) is 76.5 cm³/mol. The SMILES string of the molecule is CCCCN(CCCCCNC(C)C)C1CC1. The number of unbranched alkanes of at least 4 members (excludes halogenated alkanes) is 3. The van der Waals surface area contributed by atoms with Gasteiger partial charge in [-0.2, -0.15) is 0 Å². The third-order valence-electron chi connectivity index (χ3n) is 3.54. The molecule has 0 saturated heterocycles. The van der Waals surface area contributed by atoms with Crippen molar-refractivity contribution >= 4 is 0 Å². The summed E-state index contributed by atoms with van der Waals surface area (Å²) in [6, 6.07) is 1.60. The van der Waals surface area contributed by atoms with Gasteiger partial charge in [0.2, 0.25) is 0 Å². The van der Waals surface area contributed by atoms with Crippen molar-refractivity contribution in [2.24, 2.45) is 0 Å². The van der Waals surface area contributed by atoms with E-state index in [1.165, 1.54) is 64.6 Å². The molecule has 0 radical (unpaired) electrons. The van der Waals surface area contributed by atoms with E-state index in [1.807, 2.05) is 0 Å². The van der Waals surface area contributed by atoms with E-state index in [0.717, 1.165) is 6.04 Å². The first-order valence-corrected chi connectivity index (χ1v) is 7.71. The van der Waals surface area contributed by atoms with Crippen molar-refractivity contribution in [1.29, 1.82) is 0 Å². The molecular formula is C15H32N2. The Kier molecular flexibility index (Phi) is 7.87. The highest BCUT2D eigenvalue weighted by Gasteiger charge is 2.27. The first kappa shape index (κ1) is 15.0. The van der Waals surface area contributed by atoms with Gasteiger partial charge in [0.05, 0.1) is 0 Å². The normalized spacial score (nSPS) is 16.1. The molecule has 1 aliphatic carbocycles. The van der Waals surface area contributed by atoms with Crippen LogP contribution >= 0.6 is 0 Å². The van der Waals surface area contributed by atoms with Crippen molar-refractivity contribution in [1.82, 2.24) is 10.2 Å². The average Bonchev–Trinajstić information content (AvgIpc) is 3.10. The Balaban J connectivity index is 1.95. The molecule has 0 bridgehead atoms. The summed E-state index contributed by atoms with van der Waals surface area (Å²) in [7, 11) is 0. The lowest BCUT2D eigenvalue weighted by Crippen LogP contribution is -2.28. The molecule has 0 aromatic rings. The molecule has 0 heterocycles. The highest BCUT2D eigenvalue weighted by Crippen LogP contribution is 2.27. The molecule has 102 valence electrons. The maximum absolute atomic E-state index is 3.49. The quantitative estimate of drug-likeness (QED) is 0.557. The first-order chi connectivity index (χ1) is 8.24. The van der Waals surface area contributed by atoms with E-state index >= 15 is 0 Å². The predicted octanol–water partition coefficient (Wildman–Crippen LogP) is 3.42. The molecule has 1 N–H and O–H groups in total. The van der Waals surface area contributed by atoms with E-state index in [-0.39, 0.29) is 0 Å². The molecule has 2 nitrogen and oxygen atoms in total. The molecule has 0 aromatic heterocycles. The fraction of sp³-hybridized carbons (Fsp3) is 1.00. The van der Waals surface area contributed by atoms with Gasteiger partial charge in [0.1, 0.15) is 0 Å². The van der Waals surface area contributed by atoms with E-state index in [1.54, 1.807) is 0 Å². The zero-order valence-corrected chi connectivity index (χ0v) is 12.2. The largest absolute Gasteiger partial charge is 0.315 e. The van der Waals surface area contributed by atoms with Gasteiger partial charge in [-0.15, -0.1) is 0 Å². The van der Waals surface area contributed by atoms with Crippen LogP contribution in [0.2, 0.25) is 0 Å². The molecule has 0 aromatic carbocycles. The summed E-state index contributed by atoms with van der Waals surface area (Å²) in [5.41, 5.74) is 0. The summed E-state index contributed by atoms with van der Waals surface area (Å²) in [4.78, 5) is 2.74. The molecule has 0 atom stereocenters. The number of nitrogens with one attached hydrogen (secondary N) is 1. The minimum absolute atomic E-state index is 0.641. The molecule has 1 rings (SSSR count). The van der Waals surface area contributed by atoms with Crippen molar-refractivity contribution in [3.63, 3.8) is 0 Å². The number of nitrogens with zero attached hydrogens (tertiary/aromatic N) is 1. The van der Waals surface area contributed by atoms with Crippen LogP contribution in [0.25, 0.3) is 0 Å². The molecular weight excluding hydrogens is 208 g/mol. The minimum atomic E-state index is 0.641. The van der Waals surface area contributed by atoms with Gasteiger partial charge in [-0.1, -0.05) is 33.6 Å². The van der Waals surface area contributed by atoms with Crippen molar-refractivity contribution in [3.05, 3.63) is 0 Å². The molecule has 1 saturated carbocycles. The zero-order valence-electron chi connectivity index (χ0n) is 12.2. The second kappa shape index (κ2) is 8.93. The Hall–Kier alpha value is -0.0800. The van der Waals surface area contributed by atoms with E-state index in [4.69, 9.17) is 0 Å². The molecule has 1 aliphatic rings. The number of hydrogen-bond acceptors (Lipinski definition) is 2. The van der Waals surface area contributed by atoms with Gasteiger partial charge in [0.25, 0.3) is 0 Å². The summed E-state index contributed by atoms with van der Waals surface area (Å²) in [6.07, 6.45) is 9.74. The van der Waals surface area contributed by atoms with Crippen LogP contribution in [0.4, 0.5) is 0 Å². The van der Waals surface area contributed by atoms with Gasteiger partial charge in [-0.25, -0.2) is 0 Å². The van der Waals surface area contributed by atoms with Gasteiger partial charge < -0.3 is 10.2 Å². The van der Waals surface area contributed by atoms with Crippen LogP contribution in [0.5, 0.6) is 0 Å². The maximum Gasteiger partial charge on any atom is 0.00964 e. The fourth-order valence-electron chi connectivity index (χ4n) is 2.29. The van der Waals surface area contributed by atoms with E-state index in [0.29, 0.717) is 6.04 Å². The number of hydrogen-bond donors (Lipinski definition) is 1. The number of rotatable bonds is 11. The first-order valence-electron chi connectivity index (χ1n) is 7.71. The van der Waals surface area contributed by atoms with E-state index in [2.05, 4.69) is 31.0 Å². The van der Waals surface area contributed by atoms with Crippen LogP contribution in [-0.4, -0.2) is 36.6 Å². The average molecular weight is 240 g/mol. The lowest BCUT2D eigenvalue weighted by molar-refractivity contribution is 0.253. The van der Waals surface area contributed by atoms with E-state index < -0.39 is 0 Å². The van der Waals surface area contributed by atoms with Crippen LogP contribution in [0.1, 0.15) is 65.7 Å². The summed E-state index contributed by atoms with van der Waals surface area (Å²) in [6.45, 7) is 10.6. The zero-order chi connectivity index (χ0) is 12.5. The summed E-state index contributed by atoms with van der Waals surface area (Å²) < 4.78 is 0. The Morgan fingerprint density at radius 2 is 1.76 bits per heavy atom. The van der Waals surface area contributed by atoms with Crippen molar-refractivity contribution in [3.8, 4) is 0 Å². The summed E-state index contributed by atoms with van der Waals surface area (Å²) in [5, 5.41) is 3.49. The Morgan fingerprint density at radius 1 is 1.06 bits per heavy atom. The Bertz CT molecular complexity index is 176. The second-order valence-electron chi connectivity index (χ2n) is 5.79. The van der Waals surface area contributed by atoms with Crippen molar-refractivity contribution < 1.29 is 0 Å². The lowest BCUT2D eigenvalue weighted by atomic mass is 10.2.